The second-order valence-corrected chi connectivity index (χ2v) is 10.4. The van der Waals surface area contributed by atoms with Gasteiger partial charge in [-0.15, -0.1) is 0 Å². The van der Waals surface area contributed by atoms with E-state index in [4.69, 9.17) is 4.74 Å². The van der Waals surface area contributed by atoms with Crippen LogP contribution >= 0.6 is 0 Å². The van der Waals surface area contributed by atoms with E-state index in [2.05, 4.69) is 36.4 Å². The van der Waals surface area contributed by atoms with Crippen LogP contribution in [-0.2, 0) is 22.1 Å². The maximum Gasteiger partial charge on any atom is 0.416 e. The molecule has 0 spiro atoms. The van der Waals surface area contributed by atoms with Crippen molar-refractivity contribution in [1.82, 2.24) is 9.78 Å². The smallest absolute Gasteiger partial charge is 0.416 e. The third kappa shape index (κ3) is 5.38. The second kappa shape index (κ2) is 10.2. The van der Waals surface area contributed by atoms with Gasteiger partial charge in [0.25, 0.3) is 0 Å². The SMILES string of the molecule is CCCC(CCC)(OC(=O)c1cnn2c1NC(c1ccccc1)CC2(C)C)c1ccc(C(F)(F)F)cc1. The molecule has 37 heavy (non-hydrogen) atoms. The van der Waals surface area contributed by atoms with Crippen LogP contribution in [0.25, 0.3) is 0 Å². The summed E-state index contributed by atoms with van der Waals surface area (Å²) in [7, 11) is 0. The topological polar surface area (TPSA) is 56.1 Å². The molecule has 1 aliphatic rings. The third-order valence-electron chi connectivity index (χ3n) is 7.11. The van der Waals surface area contributed by atoms with Gasteiger partial charge >= 0.3 is 12.1 Å². The molecule has 8 heteroatoms. The Morgan fingerprint density at radius 1 is 1.03 bits per heavy atom. The number of alkyl halides is 3. The number of hydrogen-bond acceptors (Lipinski definition) is 4. The van der Waals surface area contributed by atoms with Crippen molar-refractivity contribution < 1.29 is 22.7 Å². The fourth-order valence-electron chi connectivity index (χ4n) is 5.36. The summed E-state index contributed by atoms with van der Waals surface area (Å²) in [6, 6.07) is 15.0. The van der Waals surface area contributed by atoms with Gasteiger partial charge in [0.2, 0.25) is 0 Å². The van der Waals surface area contributed by atoms with Gasteiger partial charge in [-0.3, -0.25) is 0 Å². The molecule has 1 atom stereocenters. The summed E-state index contributed by atoms with van der Waals surface area (Å²) in [5, 5.41) is 8.01. The molecule has 198 valence electrons. The minimum atomic E-state index is -4.43. The lowest BCUT2D eigenvalue weighted by molar-refractivity contribution is -0.137. The predicted molar refractivity (Wildman–Crippen MR) is 137 cm³/mol. The first-order valence-electron chi connectivity index (χ1n) is 12.8. The van der Waals surface area contributed by atoms with Gasteiger partial charge < -0.3 is 10.1 Å². The number of halogens is 3. The molecule has 0 amide bonds. The Labute approximate surface area is 216 Å². The first kappa shape index (κ1) is 26.8. The number of rotatable bonds is 8. The summed E-state index contributed by atoms with van der Waals surface area (Å²) >= 11 is 0. The lowest BCUT2D eigenvalue weighted by Gasteiger charge is -2.38. The van der Waals surface area contributed by atoms with E-state index in [0.29, 0.717) is 42.6 Å². The summed E-state index contributed by atoms with van der Waals surface area (Å²) in [6.07, 6.45) is 0.248. The van der Waals surface area contributed by atoms with Gasteiger partial charge in [0, 0.05) is 0 Å². The van der Waals surface area contributed by atoms with Gasteiger partial charge in [-0.25, -0.2) is 9.48 Å². The zero-order chi connectivity index (χ0) is 26.8. The molecule has 0 saturated heterocycles. The second-order valence-electron chi connectivity index (χ2n) is 10.4. The van der Waals surface area contributed by atoms with Crippen LogP contribution in [0.3, 0.4) is 0 Å². The first-order chi connectivity index (χ1) is 17.5. The maximum atomic E-state index is 13.7. The van der Waals surface area contributed by atoms with E-state index in [9.17, 15) is 18.0 Å². The minimum absolute atomic E-state index is 0.0158. The molecule has 2 heterocycles. The predicted octanol–water partition coefficient (Wildman–Crippen LogP) is 7.85. The van der Waals surface area contributed by atoms with Crippen LogP contribution in [0.5, 0.6) is 0 Å². The number of ether oxygens (including phenoxy) is 1. The summed E-state index contributed by atoms with van der Waals surface area (Å²) in [4.78, 5) is 13.7. The molecule has 4 rings (SSSR count). The number of nitrogens with zero attached hydrogens (tertiary/aromatic N) is 2. The lowest BCUT2D eigenvalue weighted by atomic mass is 9.84. The third-order valence-corrected chi connectivity index (χ3v) is 7.11. The molecule has 5 nitrogen and oxygen atoms in total. The van der Waals surface area contributed by atoms with Crippen molar-refractivity contribution in [3.05, 3.63) is 83.0 Å². The quantitative estimate of drug-likeness (QED) is 0.312. The van der Waals surface area contributed by atoms with Crippen molar-refractivity contribution >= 4 is 11.8 Å². The van der Waals surface area contributed by atoms with Gasteiger partial charge in [0.05, 0.1) is 23.3 Å². The highest BCUT2D eigenvalue weighted by Gasteiger charge is 2.40. The number of carbonyl (C=O) groups excluding carboxylic acids is 1. The number of carbonyl (C=O) groups is 1. The van der Waals surface area contributed by atoms with Crippen LogP contribution < -0.4 is 5.32 Å². The summed E-state index contributed by atoms with van der Waals surface area (Å²) in [5.74, 6) is 0.0458. The monoisotopic (exact) mass is 513 g/mol. The Balaban J connectivity index is 1.69. The Bertz CT molecular complexity index is 1210. The van der Waals surface area contributed by atoms with E-state index < -0.39 is 23.3 Å². The molecule has 0 bridgehead atoms. The number of benzene rings is 2. The van der Waals surface area contributed by atoms with Gasteiger partial charge in [-0.2, -0.15) is 18.3 Å². The Morgan fingerprint density at radius 3 is 2.19 bits per heavy atom. The van der Waals surface area contributed by atoms with Crippen LogP contribution in [-0.4, -0.2) is 15.7 Å². The Hall–Kier alpha value is -3.29. The molecular weight excluding hydrogens is 479 g/mol. The molecule has 2 aromatic carbocycles. The molecule has 0 fully saturated rings. The highest BCUT2D eigenvalue weighted by Crippen LogP contribution is 2.42. The highest BCUT2D eigenvalue weighted by molar-refractivity contribution is 5.95. The van der Waals surface area contributed by atoms with Crippen LogP contribution in [0.15, 0.2) is 60.8 Å². The minimum Gasteiger partial charge on any atom is -0.450 e. The normalized spacial score (nSPS) is 17.1. The van der Waals surface area contributed by atoms with Crippen LogP contribution in [0, 0.1) is 0 Å². The van der Waals surface area contributed by atoms with Crippen LogP contribution in [0.2, 0.25) is 0 Å². The molecule has 0 aliphatic carbocycles. The number of aromatic nitrogens is 2. The van der Waals surface area contributed by atoms with Crippen molar-refractivity contribution in [3.63, 3.8) is 0 Å². The molecule has 0 radical (unpaired) electrons. The van der Waals surface area contributed by atoms with Crippen molar-refractivity contribution in [2.24, 2.45) is 0 Å². The Morgan fingerprint density at radius 2 is 1.62 bits per heavy atom. The molecule has 1 unspecified atom stereocenters. The summed E-state index contributed by atoms with van der Waals surface area (Å²) in [6.45, 7) is 8.10. The van der Waals surface area contributed by atoms with Gasteiger partial charge in [-0.1, -0.05) is 69.2 Å². The number of nitrogens with one attached hydrogen (secondary N) is 1. The number of esters is 1. The van der Waals surface area contributed by atoms with Crippen LogP contribution in [0.1, 0.15) is 92.9 Å². The number of hydrogen-bond donors (Lipinski definition) is 1. The average molecular weight is 514 g/mol. The average Bonchev–Trinajstić information content (AvgIpc) is 3.29. The van der Waals surface area contributed by atoms with Crippen molar-refractivity contribution in [1.29, 1.82) is 0 Å². The van der Waals surface area contributed by atoms with Crippen molar-refractivity contribution in [3.8, 4) is 0 Å². The highest BCUT2D eigenvalue weighted by atomic mass is 19.4. The van der Waals surface area contributed by atoms with E-state index in [1.807, 2.05) is 36.7 Å². The molecular formula is C29H34F3N3O2. The molecule has 1 aliphatic heterocycles. The largest absolute Gasteiger partial charge is 0.450 e. The van der Waals surface area contributed by atoms with E-state index in [-0.39, 0.29) is 11.6 Å². The maximum absolute atomic E-state index is 13.7. The lowest BCUT2D eigenvalue weighted by Crippen LogP contribution is -2.38. The van der Waals surface area contributed by atoms with Crippen LogP contribution in [0.4, 0.5) is 19.0 Å². The summed E-state index contributed by atoms with van der Waals surface area (Å²) < 4.78 is 47.6. The Kier molecular flexibility index (Phi) is 7.40. The van der Waals surface area contributed by atoms with Crippen molar-refractivity contribution in [2.75, 3.05) is 5.32 Å². The zero-order valence-corrected chi connectivity index (χ0v) is 21.7. The number of anilines is 1. The fourth-order valence-corrected chi connectivity index (χ4v) is 5.36. The fraction of sp³-hybridized carbons (Fsp3) is 0.448. The molecule has 3 aromatic rings. The van der Waals surface area contributed by atoms with Gasteiger partial charge in [-0.05, 0) is 56.4 Å². The van der Waals surface area contributed by atoms with E-state index >= 15 is 0 Å². The molecule has 1 N–H and O–H groups in total. The zero-order valence-electron chi connectivity index (χ0n) is 21.7. The van der Waals surface area contributed by atoms with Crippen molar-refractivity contribution in [2.45, 2.75) is 83.2 Å². The van der Waals surface area contributed by atoms with Gasteiger partial charge in [0.1, 0.15) is 17.0 Å². The molecule has 1 aromatic heterocycles. The van der Waals surface area contributed by atoms with E-state index in [0.717, 1.165) is 24.1 Å². The first-order valence-corrected chi connectivity index (χ1v) is 12.8. The molecule has 0 saturated carbocycles. The van der Waals surface area contributed by atoms with E-state index in [1.54, 1.807) is 0 Å². The van der Waals surface area contributed by atoms with Gasteiger partial charge in [0.15, 0.2) is 0 Å². The number of fused-ring (bicyclic) bond motifs is 1. The van der Waals surface area contributed by atoms with E-state index in [1.165, 1.54) is 18.3 Å². The summed E-state index contributed by atoms with van der Waals surface area (Å²) in [5.41, 5.74) is -0.127. The standard InChI is InChI=1S/C29H34F3N3O2/c1-5-16-28(17-6-2,21-12-14-22(15-13-21)29(30,31)32)37-26(36)23-19-33-35-25(23)34-24(18-27(35,3)4)20-10-8-7-9-11-20/h7-15,19,24,34H,5-6,16-18H2,1-4H3.